The van der Waals surface area contributed by atoms with Gasteiger partial charge in [0.1, 0.15) is 17.9 Å². The fourth-order valence-corrected chi connectivity index (χ4v) is 3.71. The molecular weight excluding hydrogens is 396 g/mol. The number of nitrogens with one attached hydrogen (secondary N) is 1. The molecule has 0 saturated heterocycles. The van der Waals surface area contributed by atoms with Crippen molar-refractivity contribution in [2.45, 2.75) is 65.6 Å². The average Bonchev–Trinajstić information content (AvgIpc) is 3.27. The Bertz CT molecular complexity index is 1060. The average molecular weight is 431 g/mol. The van der Waals surface area contributed by atoms with Crippen LogP contribution in [0.2, 0.25) is 0 Å². The molecule has 170 valence electrons. The number of hydrogen-bond donors (Lipinski definition) is 1. The van der Waals surface area contributed by atoms with Gasteiger partial charge in [-0.25, -0.2) is 0 Å². The highest BCUT2D eigenvalue weighted by atomic mass is 16.2. The van der Waals surface area contributed by atoms with Crippen LogP contribution in [0.4, 0.5) is 0 Å². The first-order valence-electron chi connectivity index (χ1n) is 10.8. The maximum absolute atomic E-state index is 13.3. The van der Waals surface area contributed by atoms with E-state index in [0.717, 1.165) is 12.1 Å². The topological polar surface area (TPSA) is 91.9 Å². The van der Waals surface area contributed by atoms with Crippen LogP contribution in [0, 0.1) is 0 Å². The number of nitrogens with zero attached hydrogens (tertiary/aromatic N) is 5. The Morgan fingerprint density at radius 3 is 2.55 bits per heavy atom. The summed E-state index contributed by atoms with van der Waals surface area (Å²) < 4.78 is 3.01. The van der Waals surface area contributed by atoms with Crippen LogP contribution in [-0.4, -0.2) is 69.0 Å². The Hall–Kier alpha value is -2.68. The van der Waals surface area contributed by atoms with Gasteiger partial charge in [-0.15, -0.1) is 0 Å². The lowest BCUT2D eigenvalue weighted by Crippen LogP contribution is -2.36. The third-order valence-electron chi connectivity index (χ3n) is 5.84. The number of amides is 2. The molecule has 1 aliphatic rings. The summed E-state index contributed by atoms with van der Waals surface area (Å²) in [7, 11) is 3.87. The zero-order valence-corrected chi connectivity index (χ0v) is 19.7. The lowest BCUT2D eigenvalue weighted by atomic mass is 9.93. The van der Waals surface area contributed by atoms with E-state index < -0.39 is 0 Å². The molecule has 3 heterocycles. The Kier molecular flexibility index (Phi) is 6.27. The van der Waals surface area contributed by atoms with Gasteiger partial charge in [-0.2, -0.15) is 9.61 Å². The molecular formula is C22H34N6O3. The fourth-order valence-electron chi connectivity index (χ4n) is 3.71. The first kappa shape index (κ1) is 23.0. The largest absolute Gasteiger partial charge is 0.353 e. The van der Waals surface area contributed by atoms with Crippen molar-refractivity contribution in [2.24, 2.45) is 0 Å². The van der Waals surface area contributed by atoms with Crippen LogP contribution in [0.25, 0.3) is 5.65 Å². The molecule has 9 heteroatoms. The maximum Gasteiger partial charge on any atom is 0.280 e. The molecule has 0 saturated carbocycles. The lowest BCUT2D eigenvalue weighted by molar-refractivity contribution is -0.121. The van der Waals surface area contributed by atoms with Crippen molar-refractivity contribution in [3.63, 3.8) is 0 Å². The Morgan fingerprint density at radius 2 is 1.97 bits per heavy atom. The van der Waals surface area contributed by atoms with Gasteiger partial charge in [-0.3, -0.25) is 14.4 Å². The third kappa shape index (κ3) is 4.37. The Labute approximate surface area is 183 Å². The minimum atomic E-state index is -0.288. The molecule has 31 heavy (non-hydrogen) atoms. The molecule has 9 nitrogen and oxygen atoms in total. The van der Waals surface area contributed by atoms with Gasteiger partial charge in [0.2, 0.25) is 5.91 Å². The van der Waals surface area contributed by atoms with Gasteiger partial charge in [0.25, 0.3) is 11.5 Å². The highest BCUT2D eigenvalue weighted by molar-refractivity contribution is 5.98. The molecule has 2 amide bonds. The molecule has 2 aromatic heterocycles. The Balaban J connectivity index is 2.12. The standard InChI is InChI=1S/C22H34N6O3/c1-8-14(2)26-12-15-19(21(26)31)27(13-17(29)23-9-10-25(6)7)18-11-16(22(3,4)5)24-28(18)20(15)30/h11,14H,8-10,12-13H2,1-7H3,(H,23,29). The van der Waals surface area contributed by atoms with E-state index >= 15 is 0 Å². The summed E-state index contributed by atoms with van der Waals surface area (Å²) in [5, 5.41) is 7.44. The van der Waals surface area contributed by atoms with Gasteiger partial charge >= 0.3 is 0 Å². The first-order chi connectivity index (χ1) is 14.5. The van der Waals surface area contributed by atoms with E-state index in [4.69, 9.17) is 0 Å². The van der Waals surface area contributed by atoms with Gasteiger partial charge < -0.3 is 19.7 Å². The fraction of sp³-hybridized carbons (Fsp3) is 0.636. The summed E-state index contributed by atoms with van der Waals surface area (Å²) in [4.78, 5) is 43.0. The molecule has 3 rings (SSSR count). The second-order valence-corrected chi connectivity index (χ2v) is 9.61. The number of likely N-dealkylation sites (N-methyl/N-ethyl adjacent to an activating group) is 1. The van der Waals surface area contributed by atoms with E-state index in [1.165, 1.54) is 4.52 Å². The van der Waals surface area contributed by atoms with E-state index in [1.54, 1.807) is 9.47 Å². The minimum Gasteiger partial charge on any atom is -0.353 e. The predicted molar refractivity (Wildman–Crippen MR) is 119 cm³/mol. The summed E-state index contributed by atoms with van der Waals surface area (Å²) in [6, 6.07) is 1.81. The van der Waals surface area contributed by atoms with E-state index in [2.05, 4.69) is 10.4 Å². The van der Waals surface area contributed by atoms with Crippen molar-refractivity contribution < 1.29 is 9.59 Å². The van der Waals surface area contributed by atoms with Crippen LogP contribution in [-0.2, 0) is 23.3 Å². The monoisotopic (exact) mass is 430 g/mol. The summed E-state index contributed by atoms with van der Waals surface area (Å²) in [5.41, 5.74) is 1.35. The van der Waals surface area contributed by atoms with Crippen LogP contribution in [0.5, 0.6) is 0 Å². The SMILES string of the molecule is CCC(C)N1Cc2c(n(CC(=O)NCCN(C)C)c3cc(C(C)(C)C)nn3c2=O)C1=O. The first-order valence-corrected chi connectivity index (χ1v) is 10.8. The summed E-state index contributed by atoms with van der Waals surface area (Å²) in [6.45, 7) is 11.4. The van der Waals surface area contributed by atoms with Crippen LogP contribution >= 0.6 is 0 Å². The number of fused-ring (bicyclic) bond motifs is 2. The summed E-state index contributed by atoms with van der Waals surface area (Å²) >= 11 is 0. The van der Waals surface area contributed by atoms with Gasteiger partial charge in [0, 0.05) is 30.6 Å². The summed E-state index contributed by atoms with van der Waals surface area (Å²) in [5.74, 6) is -0.411. The molecule has 0 radical (unpaired) electrons. The van der Waals surface area contributed by atoms with E-state index in [-0.39, 0.29) is 41.9 Å². The molecule has 0 aromatic carbocycles. The molecule has 1 N–H and O–H groups in total. The third-order valence-corrected chi connectivity index (χ3v) is 5.84. The zero-order valence-electron chi connectivity index (χ0n) is 19.7. The van der Waals surface area contributed by atoms with E-state index in [0.29, 0.717) is 30.0 Å². The van der Waals surface area contributed by atoms with Gasteiger partial charge in [-0.1, -0.05) is 27.7 Å². The van der Waals surface area contributed by atoms with Gasteiger partial charge in [0.05, 0.1) is 17.8 Å². The lowest BCUT2D eigenvalue weighted by Gasteiger charge is -2.22. The molecule has 2 aromatic rings. The van der Waals surface area contributed by atoms with Crippen LogP contribution in [0.3, 0.4) is 0 Å². The normalized spacial score (nSPS) is 15.1. The van der Waals surface area contributed by atoms with Gasteiger partial charge in [0.15, 0.2) is 0 Å². The van der Waals surface area contributed by atoms with E-state index in [9.17, 15) is 14.4 Å². The highest BCUT2D eigenvalue weighted by Gasteiger charge is 2.37. The van der Waals surface area contributed by atoms with Crippen LogP contribution < -0.4 is 10.9 Å². The molecule has 1 atom stereocenters. The Morgan fingerprint density at radius 1 is 1.29 bits per heavy atom. The zero-order chi connectivity index (χ0) is 23.1. The van der Waals surface area contributed by atoms with Crippen molar-refractivity contribution in [1.82, 2.24) is 29.3 Å². The summed E-state index contributed by atoms with van der Waals surface area (Å²) in [6.07, 6.45) is 0.782. The van der Waals surface area contributed by atoms with Crippen molar-refractivity contribution in [2.75, 3.05) is 27.2 Å². The second-order valence-electron chi connectivity index (χ2n) is 9.61. The van der Waals surface area contributed by atoms with Crippen molar-refractivity contribution in [3.8, 4) is 0 Å². The second kappa shape index (κ2) is 8.45. The number of carbonyl (C=O) groups excluding carboxylic acids is 2. The smallest absolute Gasteiger partial charge is 0.280 e. The van der Waals surface area contributed by atoms with E-state index in [1.807, 2.05) is 59.7 Å². The molecule has 0 aliphatic carbocycles. The van der Waals surface area contributed by atoms with Crippen LogP contribution in [0.1, 0.15) is 62.8 Å². The number of hydrogen-bond acceptors (Lipinski definition) is 5. The quantitative estimate of drug-likeness (QED) is 0.713. The number of aromatic nitrogens is 3. The molecule has 1 aliphatic heterocycles. The van der Waals surface area contributed by atoms with Crippen molar-refractivity contribution >= 4 is 17.5 Å². The number of rotatable bonds is 7. The molecule has 0 bridgehead atoms. The van der Waals surface area contributed by atoms with Crippen molar-refractivity contribution in [1.29, 1.82) is 0 Å². The maximum atomic E-state index is 13.3. The molecule has 0 fully saturated rings. The van der Waals surface area contributed by atoms with Crippen LogP contribution in [0.15, 0.2) is 10.9 Å². The molecule has 0 spiro atoms. The predicted octanol–water partition coefficient (Wildman–Crippen LogP) is 1.23. The number of carbonyl (C=O) groups is 2. The molecule has 1 unspecified atom stereocenters. The highest BCUT2D eigenvalue weighted by Crippen LogP contribution is 2.27. The minimum absolute atomic E-state index is 0.000810. The van der Waals surface area contributed by atoms with Gasteiger partial charge in [-0.05, 0) is 27.4 Å². The van der Waals surface area contributed by atoms with Crippen molar-refractivity contribution in [3.05, 3.63) is 33.4 Å².